The third kappa shape index (κ3) is 4.38. The quantitative estimate of drug-likeness (QED) is 0.776. The Hall–Kier alpha value is -1.31. The molecular formula is C17H27NO. The van der Waals surface area contributed by atoms with Gasteiger partial charge in [-0.15, -0.1) is 0 Å². The molecule has 19 heavy (non-hydrogen) atoms. The maximum absolute atomic E-state index is 12.7. The van der Waals surface area contributed by atoms with Crippen LogP contribution in [0.25, 0.3) is 0 Å². The Labute approximate surface area is 117 Å². The van der Waals surface area contributed by atoms with E-state index in [9.17, 15) is 4.79 Å². The van der Waals surface area contributed by atoms with Gasteiger partial charge in [0, 0.05) is 18.0 Å². The van der Waals surface area contributed by atoms with Crippen molar-refractivity contribution in [1.29, 1.82) is 0 Å². The molecule has 0 aliphatic carbocycles. The van der Waals surface area contributed by atoms with Gasteiger partial charge in [-0.3, -0.25) is 4.79 Å². The SMILES string of the molecule is CCC(CC)C(=O)N(Cc1ccccc1)C(C)(C)C. The fourth-order valence-corrected chi connectivity index (χ4v) is 2.27. The van der Waals surface area contributed by atoms with E-state index in [1.165, 1.54) is 5.56 Å². The number of carbonyl (C=O) groups is 1. The number of hydrogen-bond donors (Lipinski definition) is 0. The summed E-state index contributed by atoms with van der Waals surface area (Å²) in [5, 5.41) is 0. The molecule has 0 saturated heterocycles. The van der Waals surface area contributed by atoms with E-state index >= 15 is 0 Å². The van der Waals surface area contributed by atoms with Crippen LogP contribution in [0.3, 0.4) is 0 Å². The molecule has 1 amide bonds. The molecule has 0 aliphatic heterocycles. The molecule has 1 aromatic carbocycles. The summed E-state index contributed by atoms with van der Waals surface area (Å²) in [4.78, 5) is 14.7. The number of rotatable bonds is 5. The zero-order chi connectivity index (χ0) is 14.5. The van der Waals surface area contributed by atoms with Crippen molar-refractivity contribution in [2.24, 2.45) is 5.92 Å². The molecule has 0 bridgehead atoms. The van der Waals surface area contributed by atoms with Crippen molar-refractivity contribution in [2.45, 2.75) is 59.5 Å². The van der Waals surface area contributed by atoms with Crippen LogP contribution in [0.15, 0.2) is 30.3 Å². The van der Waals surface area contributed by atoms with Gasteiger partial charge >= 0.3 is 0 Å². The topological polar surface area (TPSA) is 20.3 Å². The lowest BCUT2D eigenvalue weighted by molar-refractivity contribution is -0.141. The first-order valence-corrected chi connectivity index (χ1v) is 7.25. The fourth-order valence-electron chi connectivity index (χ4n) is 2.27. The van der Waals surface area contributed by atoms with Crippen molar-refractivity contribution in [3.8, 4) is 0 Å². The van der Waals surface area contributed by atoms with Gasteiger partial charge < -0.3 is 4.90 Å². The fraction of sp³-hybridized carbons (Fsp3) is 0.588. The average Bonchev–Trinajstić information content (AvgIpc) is 2.37. The van der Waals surface area contributed by atoms with Crippen LogP contribution in [0, 0.1) is 5.92 Å². The normalized spacial score (nSPS) is 11.7. The van der Waals surface area contributed by atoms with E-state index in [0.717, 1.165) is 12.8 Å². The summed E-state index contributed by atoms with van der Waals surface area (Å²) in [5.74, 6) is 0.421. The van der Waals surface area contributed by atoms with E-state index < -0.39 is 0 Å². The van der Waals surface area contributed by atoms with Crippen LogP contribution >= 0.6 is 0 Å². The van der Waals surface area contributed by atoms with Gasteiger partial charge in [0.05, 0.1) is 0 Å². The van der Waals surface area contributed by atoms with E-state index in [1.54, 1.807) is 0 Å². The van der Waals surface area contributed by atoms with Gasteiger partial charge in [0.15, 0.2) is 0 Å². The third-order valence-corrected chi connectivity index (χ3v) is 3.59. The predicted molar refractivity (Wildman–Crippen MR) is 80.8 cm³/mol. The summed E-state index contributed by atoms with van der Waals surface area (Å²) < 4.78 is 0. The van der Waals surface area contributed by atoms with Crippen molar-refractivity contribution in [3.05, 3.63) is 35.9 Å². The molecule has 2 heteroatoms. The van der Waals surface area contributed by atoms with Gasteiger partial charge in [0.25, 0.3) is 0 Å². The molecule has 0 spiro atoms. The summed E-state index contributed by atoms with van der Waals surface area (Å²) in [6.45, 7) is 11.2. The minimum absolute atomic E-state index is 0.142. The second-order valence-corrected chi connectivity index (χ2v) is 6.09. The van der Waals surface area contributed by atoms with E-state index in [4.69, 9.17) is 0 Å². The highest BCUT2D eigenvalue weighted by Gasteiger charge is 2.30. The molecule has 2 nitrogen and oxygen atoms in total. The molecule has 0 fully saturated rings. The van der Waals surface area contributed by atoms with E-state index in [0.29, 0.717) is 6.54 Å². The van der Waals surface area contributed by atoms with Crippen LogP contribution in [-0.2, 0) is 11.3 Å². The maximum atomic E-state index is 12.7. The molecule has 0 N–H and O–H groups in total. The largest absolute Gasteiger partial charge is 0.333 e. The first-order chi connectivity index (χ1) is 8.90. The molecule has 0 aliphatic rings. The van der Waals surface area contributed by atoms with Gasteiger partial charge in [-0.05, 0) is 39.2 Å². The Morgan fingerprint density at radius 1 is 1.11 bits per heavy atom. The molecule has 1 aromatic rings. The van der Waals surface area contributed by atoms with Crippen molar-refractivity contribution < 1.29 is 4.79 Å². The Morgan fingerprint density at radius 3 is 2.05 bits per heavy atom. The van der Waals surface area contributed by atoms with Crippen LogP contribution in [0.4, 0.5) is 0 Å². The van der Waals surface area contributed by atoms with Gasteiger partial charge in [0.1, 0.15) is 0 Å². The second kappa shape index (κ2) is 6.74. The minimum Gasteiger partial charge on any atom is -0.333 e. The summed E-state index contributed by atoms with van der Waals surface area (Å²) in [7, 11) is 0. The van der Waals surface area contributed by atoms with Crippen molar-refractivity contribution in [1.82, 2.24) is 4.90 Å². The molecule has 0 unspecified atom stereocenters. The Morgan fingerprint density at radius 2 is 1.63 bits per heavy atom. The molecule has 0 atom stereocenters. The van der Waals surface area contributed by atoms with Crippen molar-refractivity contribution in [2.75, 3.05) is 0 Å². The molecule has 0 radical (unpaired) electrons. The summed E-state index contributed by atoms with van der Waals surface area (Å²) >= 11 is 0. The lowest BCUT2D eigenvalue weighted by Crippen LogP contribution is -2.47. The highest BCUT2D eigenvalue weighted by Crippen LogP contribution is 2.22. The smallest absolute Gasteiger partial charge is 0.226 e. The highest BCUT2D eigenvalue weighted by atomic mass is 16.2. The average molecular weight is 261 g/mol. The Bertz CT molecular complexity index is 387. The van der Waals surface area contributed by atoms with E-state index in [1.807, 2.05) is 23.1 Å². The molecule has 0 saturated carbocycles. The molecule has 0 heterocycles. The summed E-state index contributed by atoms with van der Waals surface area (Å²) in [6.07, 6.45) is 1.83. The van der Waals surface area contributed by atoms with Gasteiger partial charge in [-0.1, -0.05) is 44.2 Å². The van der Waals surface area contributed by atoms with Crippen LogP contribution < -0.4 is 0 Å². The van der Waals surface area contributed by atoms with Gasteiger partial charge in [0.2, 0.25) is 5.91 Å². The summed E-state index contributed by atoms with van der Waals surface area (Å²) in [6, 6.07) is 10.2. The van der Waals surface area contributed by atoms with E-state index in [2.05, 4.69) is 46.8 Å². The van der Waals surface area contributed by atoms with Crippen LogP contribution in [0.5, 0.6) is 0 Å². The van der Waals surface area contributed by atoms with Crippen LogP contribution in [0.1, 0.15) is 53.0 Å². The number of amides is 1. The van der Waals surface area contributed by atoms with Crippen molar-refractivity contribution >= 4 is 5.91 Å². The zero-order valence-electron chi connectivity index (χ0n) is 12.9. The molecule has 106 valence electrons. The predicted octanol–water partition coefficient (Wildman–Crippen LogP) is 4.25. The van der Waals surface area contributed by atoms with Crippen LogP contribution in [-0.4, -0.2) is 16.3 Å². The number of nitrogens with zero attached hydrogens (tertiary/aromatic N) is 1. The Kier molecular flexibility index (Phi) is 5.59. The molecule has 0 aromatic heterocycles. The summed E-state index contributed by atoms with van der Waals surface area (Å²) in [5.41, 5.74) is 1.05. The molecule has 1 rings (SSSR count). The minimum atomic E-state index is -0.143. The lowest BCUT2D eigenvalue weighted by Gasteiger charge is -2.38. The van der Waals surface area contributed by atoms with Crippen LogP contribution in [0.2, 0.25) is 0 Å². The third-order valence-electron chi connectivity index (χ3n) is 3.59. The number of carbonyl (C=O) groups excluding carboxylic acids is 1. The standard InChI is InChI=1S/C17H27NO/c1-6-15(7-2)16(19)18(17(3,4)5)13-14-11-9-8-10-12-14/h8-12,15H,6-7,13H2,1-5H3. The monoisotopic (exact) mass is 261 g/mol. The number of benzene rings is 1. The Balaban J connectivity index is 2.93. The maximum Gasteiger partial charge on any atom is 0.226 e. The van der Waals surface area contributed by atoms with E-state index in [-0.39, 0.29) is 17.4 Å². The van der Waals surface area contributed by atoms with Crippen molar-refractivity contribution in [3.63, 3.8) is 0 Å². The lowest BCUT2D eigenvalue weighted by atomic mass is 9.96. The van der Waals surface area contributed by atoms with Gasteiger partial charge in [-0.2, -0.15) is 0 Å². The highest BCUT2D eigenvalue weighted by molar-refractivity contribution is 5.79. The molecular weight excluding hydrogens is 234 g/mol. The first-order valence-electron chi connectivity index (χ1n) is 7.25. The van der Waals surface area contributed by atoms with Gasteiger partial charge in [-0.25, -0.2) is 0 Å². The number of hydrogen-bond acceptors (Lipinski definition) is 1. The first kappa shape index (κ1) is 15.7. The zero-order valence-corrected chi connectivity index (χ0v) is 12.9. The second-order valence-electron chi connectivity index (χ2n) is 6.09.